The maximum absolute atomic E-state index is 12.0. The van der Waals surface area contributed by atoms with E-state index < -0.39 is 0 Å². The lowest BCUT2D eigenvalue weighted by atomic mass is 10.2. The van der Waals surface area contributed by atoms with Gasteiger partial charge in [0.15, 0.2) is 0 Å². The minimum atomic E-state index is 0.249. The summed E-state index contributed by atoms with van der Waals surface area (Å²) >= 11 is 0. The molecule has 1 amide bonds. The van der Waals surface area contributed by atoms with Crippen LogP contribution in [0.5, 0.6) is 0 Å². The van der Waals surface area contributed by atoms with Crippen molar-refractivity contribution in [3.8, 4) is 0 Å². The van der Waals surface area contributed by atoms with Gasteiger partial charge in [0.25, 0.3) is 0 Å². The molecule has 1 aliphatic heterocycles. The van der Waals surface area contributed by atoms with Gasteiger partial charge in [-0.15, -0.1) is 0 Å². The predicted octanol–water partition coefficient (Wildman–Crippen LogP) is -0.121. The Morgan fingerprint density at radius 2 is 2.47 bits per heavy atom. The van der Waals surface area contributed by atoms with Crippen LogP contribution in [-0.4, -0.2) is 51.2 Å². The lowest BCUT2D eigenvalue weighted by Crippen LogP contribution is -2.52. The Hall–Kier alpha value is -1.43. The second kappa shape index (κ2) is 5.77. The molecule has 6 nitrogen and oxygen atoms in total. The normalized spacial score (nSPS) is 20.5. The molecule has 1 aliphatic rings. The standard InChI is InChI=1S/C11H19N5O/c1-10-7-12-4-6-16(10)11(17)3-2-5-15-9-13-8-14-15/h8-10,12H,2-7H2,1H3/t10-/m0/s1. The van der Waals surface area contributed by atoms with Gasteiger partial charge in [0, 0.05) is 38.6 Å². The zero-order valence-corrected chi connectivity index (χ0v) is 10.2. The maximum Gasteiger partial charge on any atom is 0.222 e. The average Bonchev–Trinajstić information content (AvgIpc) is 2.82. The summed E-state index contributed by atoms with van der Waals surface area (Å²) in [5, 5.41) is 7.29. The second-order valence-electron chi connectivity index (χ2n) is 4.40. The highest BCUT2D eigenvalue weighted by Crippen LogP contribution is 2.06. The number of carbonyl (C=O) groups excluding carboxylic acids is 1. The summed E-state index contributed by atoms with van der Waals surface area (Å²) in [6, 6.07) is 0.308. The van der Waals surface area contributed by atoms with Gasteiger partial charge in [-0.25, -0.2) is 4.98 Å². The zero-order valence-electron chi connectivity index (χ0n) is 10.2. The van der Waals surface area contributed by atoms with Crippen molar-refractivity contribution < 1.29 is 4.79 Å². The Labute approximate surface area is 101 Å². The number of amides is 1. The molecule has 0 radical (unpaired) electrons. The Bertz CT molecular complexity index is 351. The first-order chi connectivity index (χ1) is 8.27. The first-order valence-electron chi connectivity index (χ1n) is 6.10. The van der Waals surface area contributed by atoms with Crippen molar-refractivity contribution in [2.45, 2.75) is 32.4 Å². The number of nitrogens with zero attached hydrogens (tertiary/aromatic N) is 4. The van der Waals surface area contributed by atoms with Gasteiger partial charge in [-0.2, -0.15) is 5.10 Å². The summed E-state index contributed by atoms with van der Waals surface area (Å²) in [4.78, 5) is 17.8. The Balaban J connectivity index is 1.73. The maximum atomic E-state index is 12.0. The van der Waals surface area contributed by atoms with E-state index in [9.17, 15) is 4.79 Å². The fourth-order valence-electron chi connectivity index (χ4n) is 2.10. The molecule has 17 heavy (non-hydrogen) atoms. The highest BCUT2D eigenvalue weighted by atomic mass is 16.2. The smallest absolute Gasteiger partial charge is 0.222 e. The highest BCUT2D eigenvalue weighted by molar-refractivity contribution is 5.76. The molecule has 6 heteroatoms. The quantitative estimate of drug-likeness (QED) is 0.793. The minimum absolute atomic E-state index is 0.249. The molecule has 2 heterocycles. The van der Waals surface area contributed by atoms with Crippen LogP contribution in [0.15, 0.2) is 12.7 Å². The zero-order chi connectivity index (χ0) is 12.1. The Kier molecular flexibility index (Phi) is 4.08. The summed E-state index contributed by atoms with van der Waals surface area (Å²) in [5.41, 5.74) is 0. The van der Waals surface area contributed by atoms with Crippen LogP contribution in [0.25, 0.3) is 0 Å². The van der Waals surface area contributed by atoms with Crippen LogP contribution in [0.3, 0.4) is 0 Å². The van der Waals surface area contributed by atoms with Gasteiger partial charge in [-0.3, -0.25) is 9.48 Å². The summed E-state index contributed by atoms with van der Waals surface area (Å²) in [7, 11) is 0. The lowest BCUT2D eigenvalue weighted by molar-refractivity contribution is -0.134. The SMILES string of the molecule is C[C@H]1CNCCN1C(=O)CCCn1cncn1. The van der Waals surface area contributed by atoms with E-state index in [1.165, 1.54) is 6.33 Å². The third-order valence-electron chi connectivity index (χ3n) is 3.07. The fraction of sp³-hybridized carbons (Fsp3) is 0.727. The van der Waals surface area contributed by atoms with Crippen molar-refractivity contribution in [1.82, 2.24) is 25.0 Å². The fourth-order valence-corrected chi connectivity index (χ4v) is 2.10. The molecular weight excluding hydrogens is 218 g/mol. The van der Waals surface area contributed by atoms with Gasteiger partial charge in [0.05, 0.1) is 0 Å². The molecule has 0 bridgehead atoms. The van der Waals surface area contributed by atoms with Gasteiger partial charge >= 0.3 is 0 Å². The van der Waals surface area contributed by atoms with E-state index in [0.717, 1.165) is 32.6 Å². The van der Waals surface area contributed by atoms with Crippen LogP contribution >= 0.6 is 0 Å². The van der Waals surface area contributed by atoms with Crippen LogP contribution in [-0.2, 0) is 11.3 Å². The van der Waals surface area contributed by atoms with Crippen molar-refractivity contribution in [3.63, 3.8) is 0 Å². The van der Waals surface area contributed by atoms with E-state index >= 15 is 0 Å². The van der Waals surface area contributed by atoms with Gasteiger partial charge in [-0.1, -0.05) is 0 Å². The molecular formula is C11H19N5O. The molecule has 94 valence electrons. The summed E-state index contributed by atoms with van der Waals surface area (Å²) < 4.78 is 1.76. The van der Waals surface area contributed by atoms with E-state index in [1.807, 2.05) is 4.90 Å². The summed E-state index contributed by atoms with van der Waals surface area (Å²) in [6.45, 7) is 5.46. The first-order valence-corrected chi connectivity index (χ1v) is 6.10. The number of hydrogen-bond acceptors (Lipinski definition) is 4. The molecule has 1 saturated heterocycles. The molecule has 1 atom stereocenters. The molecule has 0 saturated carbocycles. The van der Waals surface area contributed by atoms with Gasteiger partial charge < -0.3 is 10.2 Å². The lowest BCUT2D eigenvalue weighted by Gasteiger charge is -2.34. The van der Waals surface area contributed by atoms with Gasteiger partial charge in [-0.05, 0) is 13.3 Å². The molecule has 0 aromatic carbocycles. The molecule has 0 spiro atoms. The average molecular weight is 237 g/mol. The number of nitrogens with one attached hydrogen (secondary N) is 1. The number of hydrogen-bond donors (Lipinski definition) is 1. The number of rotatable bonds is 4. The number of aromatic nitrogens is 3. The van der Waals surface area contributed by atoms with Gasteiger partial charge in [0.2, 0.25) is 5.91 Å². The van der Waals surface area contributed by atoms with Crippen molar-refractivity contribution in [2.75, 3.05) is 19.6 Å². The highest BCUT2D eigenvalue weighted by Gasteiger charge is 2.22. The van der Waals surface area contributed by atoms with E-state index in [0.29, 0.717) is 12.5 Å². The molecule has 1 aromatic heterocycles. The molecule has 0 unspecified atom stereocenters. The first kappa shape index (κ1) is 12.0. The second-order valence-corrected chi connectivity index (χ2v) is 4.40. The number of carbonyl (C=O) groups is 1. The van der Waals surface area contributed by atoms with Crippen molar-refractivity contribution >= 4 is 5.91 Å². The van der Waals surface area contributed by atoms with E-state index in [1.54, 1.807) is 11.0 Å². The van der Waals surface area contributed by atoms with Crippen LogP contribution in [0.4, 0.5) is 0 Å². The molecule has 0 aliphatic carbocycles. The number of piperazine rings is 1. The van der Waals surface area contributed by atoms with Crippen LogP contribution < -0.4 is 5.32 Å². The summed E-state index contributed by atoms with van der Waals surface area (Å²) in [5.74, 6) is 0.249. The van der Waals surface area contributed by atoms with Crippen LogP contribution in [0.1, 0.15) is 19.8 Å². The predicted molar refractivity (Wildman–Crippen MR) is 63.3 cm³/mol. The monoisotopic (exact) mass is 237 g/mol. The van der Waals surface area contributed by atoms with Crippen molar-refractivity contribution in [2.24, 2.45) is 0 Å². The largest absolute Gasteiger partial charge is 0.337 e. The van der Waals surface area contributed by atoms with Crippen LogP contribution in [0, 0.1) is 0 Å². The molecule has 1 N–H and O–H groups in total. The third kappa shape index (κ3) is 3.26. The Morgan fingerprint density at radius 3 is 3.18 bits per heavy atom. The Morgan fingerprint density at radius 1 is 1.59 bits per heavy atom. The van der Waals surface area contributed by atoms with E-state index in [-0.39, 0.29) is 5.91 Å². The van der Waals surface area contributed by atoms with E-state index in [4.69, 9.17) is 0 Å². The summed E-state index contributed by atoms with van der Waals surface area (Å²) in [6.07, 6.45) is 4.60. The van der Waals surface area contributed by atoms with Crippen molar-refractivity contribution in [1.29, 1.82) is 0 Å². The molecule has 1 aromatic rings. The minimum Gasteiger partial charge on any atom is -0.337 e. The molecule has 1 fully saturated rings. The van der Waals surface area contributed by atoms with Gasteiger partial charge in [0.1, 0.15) is 12.7 Å². The molecule has 2 rings (SSSR count). The number of aryl methyl sites for hydroxylation is 1. The van der Waals surface area contributed by atoms with E-state index in [2.05, 4.69) is 22.3 Å². The van der Waals surface area contributed by atoms with Crippen molar-refractivity contribution in [3.05, 3.63) is 12.7 Å². The van der Waals surface area contributed by atoms with Crippen LogP contribution in [0.2, 0.25) is 0 Å². The topological polar surface area (TPSA) is 63.1 Å². The third-order valence-corrected chi connectivity index (χ3v) is 3.07.